The van der Waals surface area contributed by atoms with Crippen molar-refractivity contribution in [3.05, 3.63) is 21.9 Å². The van der Waals surface area contributed by atoms with Crippen LogP contribution in [-0.2, 0) is 6.54 Å². The van der Waals surface area contributed by atoms with E-state index in [4.69, 9.17) is 0 Å². The van der Waals surface area contributed by atoms with E-state index in [9.17, 15) is 0 Å². The number of fused-ring (bicyclic) bond motifs is 3. The van der Waals surface area contributed by atoms with Gasteiger partial charge in [0.2, 0.25) is 0 Å². The van der Waals surface area contributed by atoms with E-state index in [0.717, 1.165) is 18.5 Å². The van der Waals surface area contributed by atoms with E-state index in [2.05, 4.69) is 27.9 Å². The van der Waals surface area contributed by atoms with Crippen molar-refractivity contribution in [3.63, 3.8) is 0 Å². The van der Waals surface area contributed by atoms with Crippen LogP contribution in [0.5, 0.6) is 0 Å². The Morgan fingerprint density at radius 1 is 1.38 bits per heavy atom. The van der Waals surface area contributed by atoms with Crippen LogP contribution in [-0.4, -0.2) is 30.6 Å². The molecule has 3 aliphatic heterocycles. The quantitative estimate of drug-likeness (QED) is 0.866. The van der Waals surface area contributed by atoms with Crippen molar-refractivity contribution in [2.75, 3.05) is 19.6 Å². The molecule has 3 saturated heterocycles. The van der Waals surface area contributed by atoms with E-state index < -0.39 is 0 Å². The van der Waals surface area contributed by atoms with Crippen LogP contribution in [0.15, 0.2) is 10.8 Å². The van der Waals surface area contributed by atoms with Crippen molar-refractivity contribution in [2.24, 2.45) is 5.92 Å². The SMILES string of the molecule is Cc1cscc1CNC1CN2CCC1CC2. The molecule has 88 valence electrons. The van der Waals surface area contributed by atoms with Gasteiger partial charge in [0.1, 0.15) is 0 Å². The number of hydrogen-bond acceptors (Lipinski definition) is 3. The van der Waals surface area contributed by atoms with Gasteiger partial charge in [-0.25, -0.2) is 0 Å². The lowest BCUT2D eigenvalue weighted by molar-refractivity contribution is 0.0720. The van der Waals surface area contributed by atoms with Gasteiger partial charge in [-0.1, -0.05) is 0 Å². The van der Waals surface area contributed by atoms with Gasteiger partial charge in [0.05, 0.1) is 0 Å². The predicted octanol–water partition coefficient (Wildman–Crippen LogP) is 2.24. The van der Waals surface area contributed by atoms with Gasteiger partial charge in [-0.3, -0.25) is 0 Å². The highest BCUT2D eigenvalue weighted by molar-refractivity contribution is 7.08. The Bertz CT molecular complexity index is 353. The Labute approximate surface area is 102 Å². The number of thiophene rings is 1. The lowest BCUT2D eigenvalue weighted by Gasteiger charge is -2.45. The average Bonchev–Trinajstić information content (AvgIpc) is 2.74. The Kier molecular flexibility index (Phi) is 3.01. The van der Waals surface area contributed by atoms with E-state index in [0.29, 0.717) is 0 Å². The first-order valence-electron chi connectivity index (χ1n) is 6.30. The Morgan fingerprint density at radius 3 is 2.75 bits per heavy atom. The number of nitrogens with one attached hydrogen (secondary N) is 1. The molecule has 3 aliphatic rings. The summed E-state index contributed by atoms with van der Waals surface area (Å²) in [6.45, 7) is 7.21. The second-order valence-corrected chi connectivity index (χ2v) is 5.95. The number of aryl methyl sites for hydroxylation is 1. The first-order chi connectivity index (χ1) is 7.83. The van der Waals surface area contributed by atoms with Crippen LogP contribution in [0.25, 0.3) is 0 Å². The molecular weight excluding hydrogens is 216 g/mol. The molecule has 0 spiro atoms. The summed E-state index contributed by atoms with van der Waals surface area (Å²) in [6, 6.07) is 0.738. The van der Waals surface area contributed by atoms with Crippen LogP contribution >= 0.6 is 11.3 Å². The van der Waals surface area contributed by atoms with Gasteiger partial charge < -0.3 is 10.2 Å². The lowest BCUT2D eigenvalue weighted by Crippen LogP contribution is -2.55. The molecule has 4 heterocycles. The van der Waals surface area contributed by atoms with Gasteiger partial charge in [0, 0.05) is 19.1 Å². The monoisotopic (exact) mass is 236 g/mol. The van der Waals surface area contributed by atoms with Crippen molar-refractivity contribution >= 4 is 11.3 Å². The van der Waals surface area contributed by atoms with Gasteiger partial charge in [0.15, 0.2) is 0 Å². The summed E-state index contributed by atoms with van der Waals surface area (Å²) in [5, 5.41) is 8.29. The molecule has 2 bridgehead atoms. The first kappa shape index (κ1) is 10.8. The third-order valence-corrected chi connectivity index (χ3v) is 5.08. The normalized spacial score (nSPS) is 33.2. The number of hydrogen-bond donors (Lipinski definition) is 1. The van der Waals surface area contributed by atoms with E-state index in [1.54, 1.807) is 0 Å². The molecule has 0 radical (unpaired) electrons. The van der Waals surface area contributed by atoms with Crippen LogP contribution < -0.4 is 5.32 Å². The first-order valence-corrected chi connectivity index (χ1v) is 7.24. The standard InChI is InChI=1S/C13H20N2S/c1-10-8-16-9-12(10)6-14-13-7-15-4-2-11(13)3-5-15/h8-9,11,13-14H,2-7H2,1H3. The molecule has 0 amide bonds. The third kappa shape index (κ3) is 2.04. The summed E-state index contributed by atoms with van der Waals surface area (Å²) in [5.41, 5.74) is 2.93. The summed E-state index contributed by atoms with van der Waals surface area (Å²) < 4.78 is 0. The molecule has 1 aromatic rings. The maximum Gasteiger partial charge on any atom is 0.0227 e. The fourth-order valence-corrected chi connectivity index (χ4v) is 3.86. The van der Waals surface area contributed by atoms with Gasteiger partial charge in [0.25, 0.3) is 0 Å². The summed E-state index contributed by atoms with van der Waals surface area (Å²) >= 11 is 1.82. The molecule has 1 N–H and O–H groups in total. The smallest absolute Gasteiger partial charge is 0.0227 e. The van der Waals surface area contributed by atoms with Gasteiger partial charge in [-0.2, -0.15) is 11.3 Å². The highest BCUT2D eigenvalue weighted by Crippen LogP contribution is 2.27. The molecule has 1 unspecified atom stereocenters. The number of piperidine rings is 3. The minimum Gasteiger partial charge on any atom is -0.308 e. The molecule has 16 heavy (non-hydrogen) atoms. The van der Waals surface area contributed by atoms with Crippen LogP contribution in [0, 0.1) is 12.8 Å². The molecule has 4 rings (SSSR count). The van der Waals surface area contributed by atoms with Crippen molar-refractivity contribution in [2.45, 2.75) is 32.4 Å². The minimum atomic E-state index is 0.738. The molecule has 0 aromatic carbocycles. The highest BCUT2D eigenvalue weighted by Gasteiger charge is 2.33. The van der Waals surface area contributed by atoms with Gasteiger partial charge >= 0.3 is 0 Å². The van der Waals surface area contributed by atoms with E-state index in [-0.39, 0.29) is 0 Å². The Balaban J connectivity index is 1.58. The minimum absolute atomic E-state index is 0.738. The zero-order valence-electron chi connectivity index (χ0n) is 9.91. The van der Waals surface area contributed by atoms with Crippen LogP contribution in [0.3, 0.4) is 0 Å². The molecule has 0 saturated carbocycles. The average molecular weight is 236 g/mol. The molecule has 1 atom stereocenters. The van der Waals surface area contributed by atoms with Crippen LogP contribution in [0.1, 0.15) is 24.0 Å². The largest absolute Gasteiger partial charge is 0.308 e. The maximum absolute atomic E-state index is 3.76. The maximum atomic E-state index is 3.76. The zero-order chi connectivity index (χ0) is 11.0. The summed E-state index contributed by atoms with van der Waals surface area (Å²) in [6.07, 6.45) is 2.81. The number of nitrogens with zero attached hydrogens (tertiary/aromatic N) is 1. The van der Waals surface area contributed by atoms with Crippen molar-refractivity contribution in [3.8, 4) is 0 Å². The van der Waals surface area contributed by atoms with Crippen molar-refractivity contribution < 1.29 is 0 Å². The summed E-state index contributed by atoms with van der Waals surface area (Å²) in [7, 11) is 0. The summed E-state index contributed by atoms with van der Waals surface area (Å²) in [4.78, 5) is 2.61. The predicted molar refractivity (Wildman–Crippen MR) is 68.8 cm³/mol. The third-order valence-electron chi connectivity index (χ3n) is 4.17. The second-order valence-electron chi connectivity index (χ2n) is 5.21. The molecule has 3 fully saturated rings. The van der Waals surface area contributed by atoms with Crippen LogP contribution in [0.2, 0.25) is 0 Å². The molecule has 0 aliphatic carbocycles. The fraction of sp³-hybridized carbons (Fsp3) is 0.692. The van der Waals surface area contributed by atoms with E-state index >= 15 is 0 Å². The van der Waals surface area contributed by atoms with Crippen LogP contribution in [0.4, 0.5) is 0 Å². The highest BCUT2D eigenvalue weighted by atomic mass is 32.1. The second kappa shape index (κ2) is 4.47. The van der Waals surface area contributed by atoms with E-state index in [1.165, 1.54) is 43.6 Å². The molecule has 3 heteroatoms. The molecule has 1 aromatic heterocycles. The zero-order valence-corrected chi connectivity index (χ0v) is 10.7. The van der Waals surface area contributed by atoms with Crippen molar-refractivity contribution in [1.29, 1.82) is 0 Å². The Morgan fingerprint density at radius 2 is 2.19 bits per heavy atom. The number of rotatable bonds is 3. The topological polar surface area (TPSA) is 15.3 Å². The fourth-order valence-electron chi connectivity index (χ4n) is 3.01. The van der Waals surface area contributed by atoms with Gasteiger partial charge in [-0.05, 0) is 60.7 Å². The molecular formula is C13H20N2S. The van der Waals surface area contributed by atoms with Gasteiger partial charge in [-0.15, -0.1) is 0 Å². The lowest BCUT2D eigenvalue weighted by atomic mass is 9.84. The Hall–Kier alpha value is -0.380. The molecule has 2 nitrogen and oxygen atoms in total. The summed E-state index contributed by atoms with van der Waals surface area (Å²) in [5.74, 6) is 0.934. The van der Waals surface area contributed by atoms with Crippen molar-refractivity contribution in [1.82, 2.24) is 10.2 Å². The van der Waals surface area contributed by atoms with E-state index in [1.807, 2.05) is 11.3 Å².